The molecular weight excluding hydrogens is 558 g/mol. The van der Waals surface area contributed by atoms with Crippen LogP contribution in [0.2, 0.25) is 5.02 Å². The lowest BCUT2D eigenvalue weighted by molar-refractivity contribution is -0.136. The number of carbonyl (C=O) groups excluding carboxylic acids is 3. The van der Waals surface area contributed by atoms with Crippen molar-refractivity contribution < 1.29 is 19.1 Å². The summed E-state index contributed by atoms with van der Waals surface area (Å²) >= 11 is 6.20. The van der Waals surface area contributed by atoms with Crippen molar-refractivity contribution in [3.05, 3.63) is 106 Å². The predicted octanol–water partition coefficient (Wildman–Crippen LogP) is 3.82. The van der Waals surface area contributed by atoms with E-state index in [4.69, 9.17) is 16.3 Å². The summed E-state index contributed by atoms with van der Waals surface area (Å²) in [5.41, 5.74) is 4.71. The van der Waals surface area contributed by atoms with Crippen LogP contribution in [-0.2, 0) is 33.7 Å². The maximum Gasteiger partial charge on any atom is 0.411 e. The number of rotatable bonds is 8. The second-order valence-electron chi connectivity index (χ2n) is 9.61. The molecule has 12 heteroatoms. The van der Waals surface area contributed by atoms with Gasteiger partial charge < -0.3 is 15.0 Å². The molecule has 1 atom stereocenters. The van der Waals surface area contributed by atoms with E-state index in [1.54, 1.807) is 29.2 Å². The minimum Gasteiger partial charge on any atom is -0.453 e. The number of carbonyl (C=O) groups is 3. The molecule has 3 aromatic carbocycles. The maximum absolute atomic E-state index is 13.8. The van der Waals surface area contributed by atoms with Gasteiger partial charge in [0.2, 0.25) is 11.8 Å². The van der Waals surface area contributed by atoms with E-state index in [1.165, 1.54) is 24.2 Å². The minimum atomic E-state index is -0.805. The number of tetrazole rings is 1. The number of methoxy groups -OCH3 is 1. The Kier molecular flexibility index (Phi) is 8.88. The first-order valence-corrected chi connectivity index (χ1v) is 13.6. The Hall–Kier alpha value is -5.03. The van der Waals surface area contributed by atoms with E-state index >= 15 is 0 Å². The van der Waals surface area contributed by atoms with E-state index in [0.717, 1.165) is 16.7 Å². The van der Waals surface area contributed by atoms with Gasteiger partial charge in [-0.2, -0.15) is 4.68 Å². The fourth-order valence-electron chi connectivity index (χ4n) is 4.87. The molecule has 5 rings (SSSR count). The van der Waals surface area contributed by atoms with Crippen molar-refractivity contribution >= 4 is 41.3 Å². The molecule has 3 amide bonds. The number of halogens is 1. The highest BCUT2D eigenvalue weighted by molar-refractivity contribution is 6.30. The summed E-state index contributed by atoms with van der Waals surface area (Å²) < 4.78 is 6.20. The zero-order valence-electron chi connectivity index (χ0n) is 22.7. The molecule has 0 aliphatic carbocycles. The number of fused-ring (bicyclic) bond motifs is 1. The number of amides is 3. The highest BCUT2D eigenvalue weighted by atomic mass is 35.5. The van der Waals surface area contributed by atoms with Crippen LogP contribution in [0.5, 0.6) is 0 Å². The molecule has 0 radical (unpaired) electrons. The van der Waals surface area contributed by atoms with E-state index in [9.17, 15) is 14.4 Å². The fourth-order valence-corrected chi connectivity index (χ4v) is 5.05. The molecular formula is C30H28ClN7O4. The van der Waals surface area contributed by atoms with Crippen LogP contribution in [0.25, 0.3) is 11.8 Å². The average molecular weight is 586 g/mol. The van der Waals surface area contributed by atoms with Crippen LogP contribution in [0.3, 0.4) is 0 Å². The van der Waals surface area contributed by atoms with Crippen molar-refractivity contribution in [3.8, 4) is 5.69 Å². The number of aromatic nitrogens is 4. The molecule has 42 heavy (non-hydrogen) atoms. The molecule has 1 aliphatic rings. The monoisotopic (exact) mass is 585 g/mol. The molecule has 1 aromatic heterocycles. The number of anilines is 1. The molecule has 0 saturated heterocycles. The third kappa shape index (κ3) is 6.81. The van der Waals surface area contributed by atoms with E-state index < -0.39 is 18.0 Å². The zero-order chi connectivity index (χ0) is 29.5. The van der Waals surface area contributed by atoms with E-state index in [0.29, 0.717) is 47.9 Å². The van der Waals surface area contributed by atoms with Crippen molar-refractivity contribution in [1.29, 1.82) is 0 Å². The van der Waals surface area contributed by atoms with Crippen molar-refractivity contribution in [2.75, 3.05) is 19.0 Å². The van der Waals surface area contributed by atoms with Gasteiger partial charge in [0.15, 0.2) is 0 Å². The lowest BCUT2D eigenvalue weighted by Gasteiger charge is -2.33. The van der Waals surface area contributed by atoms with E-state index in [2.05, 4.69) is 26.2 Å². The van der Waals surface area contributed by atoms with Gasteiger partial charge >= 0.3 is 6.09 Å². The molecule has 2 N–H and O–H groups in total. The lowest BCUT2D eigenvalue weighted by Crippen LogP contribution is -2.50. The first-order chi connectivity index (χ1) is 20.4. The van der Waals surface area contributed by atoms with E-state index in [-0.39, 0.29) is 5.91 Å². The van der Waals surface area contributed by atoms with Gasteiger partial charge in [-0.15, -0.1) is 5.10 Å². The Labute approximate surface area is 247 Å². The number of benzene rings is 3. The number of ether oxygens (including phenoxy) is 1. The summed E-state index contributed by atoms with van der Waals surface area (Å²) in [5, 5.41) is 17.4. The normalized spacial score (nSPS) is 13.3. The van der Waals surface area contributed by atoms with Crippen LogP contribution < -0.4 is 10.6 Å². The Bertz CT molecular complexity index is 1610. The van der Waals surface area contributed by atoms with Gasteiger partial charge in [-0.25, -0.2) is 4.79 Å². The smallest absolute Gasteiger partial charge is 0.411 e. The van der Waals surface area contributed by atoms with Gasteiger partial charge in [0.25, 0.3) is 0 Å². The van der Waals surface area contributed by atoms with Crippen molar-refractivity contribution in [3.63, 3.8) is 0 Å². The summed E-state index contributed by atoms with van der Waals surface area (Å²) in [6.45, 7) is 0.778. The minimum absolute atomic E-state index is 0.199. The largest absolute Gasteiger partial charge is 0.453 e. The third-order valence-electron chi connectivity index (χ3n) is 6.90. The van der Waals surface area contributed by atoms with Crippen LogP contribution in [0, 0.1) is 0 Å². The quantitative estimate of drug-likeness (QED) is 0.301. The molecule has 0 saturated carbocycles. The van der Waals surface area contributed by atoms with Crippen molar-refractivity contribution in [2.24, 2.45) is 0 Å². The molecule has 1 aliphatic heterocycles. The first-order valence-electron chi connectivity index (χ1n) is 13.2. The van der Waals surface area contributed by atoms with E-state index in [1.807, 2.05) is 48.5 Å². The van der Waals surface area contributed by atoms with Gasteiger partial charge in [-0.1, -0.05) is 54.1 Å². The van der Waals surface area contributed by atoms with Gasteiger partial charge in [-0.05, 0) is 63.9 Å². The van der Waals surface area contributed by atoms with Crippen LogP contribution in [-0.4, -0.2) is 62.7 Å². The number of nitrogens with one attached hydrogen (secondary N) is 2. The molecule has 11 nitrogen and oxygen atoms in total. The summed E-state index contributed by atoms with van der Waals surface area (Å²) in [7, 11) is 1.31. The van der Waals surface area contributed by atoms with Crippen LogP contribution in [0.15, 0.2) is 79.1 Å². The Morgan fingerprint density at radius 2 is 1.93 bits per heavy atom. The van der Waals surface area contributed by atoms with Gasteiger partial charge in [0.05, 0.1) is 12.8 Å². The van der Waals surface area contributed by atoms with Gasteiger partial charge in [0, 0.05) is 41.9 Å². The Morgan fingerprint density at radius 1 is 1.10 bits per heavy atom. The second-order valence-corrected chi connectivity index (χ2v) is 10.0. The number of hydrogen-bond acceptors (Lipinski definition) is 7. The summed E-state index contributed by atoms with van der Waals surface area (Å²) in [4.78, 5) is 40.5. The summed E-state index contributed by atoms with van der Waals surface area (Å²) in [5.74, 6) is -0.636. The Morgan fingerprint density at radius 3 is 2.69 bits per heavy atom. The molecule has 2 heterocycles. The highest BCUT2D eigenvalue weighted by Crippen LogP contribution is 2.27. The molecule has 0 fully saturated rings. The SMILES string of the molecule is COC(=O)Nc1cccc2c1CCN(C(=O)[C@H](Cc1ccccc1)NC(=O)/C=C/c1cc(Cl)ccc1-n1cnnn1)C2. The topological polar surface area (TPSA) is 131 Å². The van der Waals surface area contributed by atoms with Crippen LogP contribution >= 0.6 is 11.6 Å². The third-order valence-corrected chi connectivity index (χ3v) is 7.13. The molecule has 0 unspecified atom stereocenters. The number of hydrogen-bond donors (Lipinski definition) is 2. The molecule has 4 aromatic rings. The van der Waals surface area contributed by atoms with Gasteiger partial charge in [0.1, 0.15) is 12.4 Å². The highest BCUT2D eigenvalue weighted by Gasteiger charge is 2.29. The zero-order valence-corrected chi connectivity index (χ0v) is 23.5. The Balaban J connectivity index is 1.34. The van der Waals surface area contributed by atoms with Crippen molar-refractivity contribution in [2.45, 2.75) is 25.4 Å². The summed E-state index contributed by atoms with van der Waals surface area (Å²) in [6, 6.07) is 19.4. The van der Waals surface area contributed by atoms with Crippen LogP contribution in [0.4, 0.5) is 10.5 Å². The summed E-state index contributed by atoms with van der Waals surface area (Å²) in [6.07, 6.45) is 4.72. The molecule has 0 spiro atoms. The predicted molar refractivity (Wildman–Crippen MR) is 157 cm³/mol. The van der Waals surface area contributed by atoms with Crippen LogP contribution in [0.1, 0.15) is 22.3 Å². The molecule has 214 valence electrons. The number of nitrogens with zero attached hydrogens (tertiary/aromatic N) is 5. The second kappa shape index (κ2) is 13.1. The molecule has 0 bridgehead atoms. The van der Waals surface area contributed by atoms with Gasteiger partial charge in [-0.3, -0.25) is 14.9 Å². The lowest BCUT2D eigenvalue weighted by atomic mass is 9.96. The standard InChI is InChI=1S/C30H28ClN7O4/c1-42-30(41)34-25-9-5-8-22-18-37(15-14-24(22)25)29(40)26(16-20-6-3-2-4-7-20)33-28(39)13-10-21-17-23(31)11-12-27(21)38-19-32-35-36-38/h2-13,17,19,26H,14-16,18H2,1H3,(H,33,39)(H,34,41)/b13-10+/t26-/m0/s1. The van der Waals surface area contributed by atoms with Crippen molar-refractivity contribution in [1.82, 2.24) is 30.4 Å². The maximum atomic E-state index is 13.8. The fraction of sp³-hybridized carbons (Fsp3) is 0.200. The average Bonchev–Trinajstić information content (AvgIpc) is 3.54. The first kappa shape index (κ1) is 28.5.